The van der Waals surface area contributed by atoms with Crippen LogP contribution in [0.2, 0.25) is 5.02 Å². The van der Waals surface area contributed by atoms with Gasteiger partial charge in [-0.2, -0.15) is 0 Å². The van der Waals surface area contributed by atoms with Crippen LogP contribution in [0.25, 0.3) is 0 Å². The smallest absolute Gasteiger partial charge is 0.346 e. The summed E-state index contributed by atoms with van der Waals surface area (Å²) in [5.41, 5.74) is 0.759. The summed E-state index contributed by atoms with van der Waals surface area (Å²) >= 11 is 5.66. The van der Waals surface area contributed by atoms with Gasteiger partial charge in [0.25, 0.3) is 0 Å². The number of para-hydroxylation sites is 1. The van der Waals surface area contributed by atoms with Crippen LogP contribution in [0.4, 0.5) is 4.39 Å². The number of hydrogen-bond acceptors (Lipinski definition) is 2. The lowest BCUT2D eigenvalue weighted by molar-refractivity contribution is 0.0728. The second kappa shape index (κ2) is 6.53. The van der Waals surface area contributed by atoms with E-state index in [1.165, 1.54) is 18.2 Å². The lowest BCUT2D eigenvalue weighted by Crippen LogP contribution is -2.12. The SMILES string of the molecule is CCCc1ccccc1OC(=O)c1cccc(Cl)c1F. The topological polar surface area (TPSA) is 26.3 Å². The summed E-state index contributed by atoms with van der Waals surface area (Å²) in [7, 11) is 0. The quantitative estimate of drug-likeness (QED) is 0.605. The molecule has 0 fully saturated rings. The molecule has 2 nitrogen and oxygen atoms in total. The third kappa shape index (κ3) is 3.17. The number of hydrogen-bond donors (Lipinski definition) is 0. The zero-order chi connectivity index (χ0) is 14.5. The predicted octanol–water partition coefficient (Wildman–Crippen LogP) is 4.65. The van der Waals surface area contributed by atoms with E-state index in [4.69, 9.17) is 16.3 Å². The molecule has 0 heterocycles. The van der Waals surface area contributed by atoms with Gasteiger partial charge in [-0.05, 0) is 30.2 Å². The molecule has 0 radical (unpaired) electrons. The summed E-state index contributed by atoms with van der Waals surface area (Å²) in [5, 5.41) is -0.0960. The molecule has 104 valence electrons. The average Bonchev–Trinajstić information content (AvgIpc) is 2.44. The number of ether oxygens (including phenoxy) is 1. The lowest BCUT2D eigenvalue weighted by Gasteiger charge is -2.10. The van der Waals surface area contributed by atoms with Gasteiger partial charge >= 0.3 is 5.97 Å². The molecule has 0 aliphatic heterocycles. The first kappa shape index (κ1) is 14.5. The number of carbonyl (C=O) groups is 1. The zero-order valence-electron chi connectivity index (χ0n) is 11.0. The van der Waals surface area contributed by atoms with Gasteiger partial charge in [-0.25, -0.2) is 9.18 Å². The molecule has 2 rings (SSSR count). The summed E-state index contributed by atoms with van der Waals surface area (Å²) in [6.45, 7) is 2.04. The highest BCUT2D eigenvalue weighted by Gasteiger charge is 2.17. The second-order valence-electron chi connectivity index (χ2n) is 4.35. The molecule has 0 aromatic heterocycles. The van der Waals surface area contributed by atoms with Gasteiger partial charge in [0.05, 0.1) is 10.6 Å². The summed E-state index contributed by atoms with van der Waals surface area (Å²) in [6, 6.07) is 11.5. The lowest BCUT2D eigenvalue weighted by atomic mass is 10.1. The Morgan fingerprint density at radius 1 is 1.20 bits per heavy atom. The van der Waals surface area contributed by atoms with Gasteiger partial charge in [-0.15, -0.1) is 0 Å². The molecule has 0 aliphatic carbocycles. The van der Waals surface area contributed by atoms with Crippen LogP contribution >= 0.6 is 11.6 Å². The Morgan fingerprint density at radius 3 is 2.70 bits per heavy atom. The van der Waals surface area contributed by atoms with Crippen LogP contribution in [0.15, 0.2) is 42.5 Å². The van der Waals surface area contributed by atoms with Gasteiger partial charge in [0.15, 0.2) is 5.82 Å². The van der Waals surface area contributed by atoms with E-state index >= 15 is 0 Å². The van der Waals surface area contributed by atoms with Crippen LogP contribution in [0.3, 0.4) is 0 Å². The minimum absolute atomic E-state index is 0.0960. The minimum Gasteiger partial charge on any atom is -0.423 e. The molecular formula is C16H14ClFO2. The monoisotopic (exact) mass is 292 g/mol. The fourth-order valence-corrected chi connectivity index (χ4v) is 2.07. The Balaban J connectivity index is 2.26. The number of benzene rings is 2. The Hall–Kier alpha value is -1.87. The van der Waals surface area contributed by atoms with Crippen LogP contribution in [-0.4, -0.2) is 5.97 Å². The van der Waals surface area contributed by atoms with E-state index in [0.717, 1.165) is 18.4 Å². The number of halogens is 2. The Morgan fingerprint density at radius 2 is 1.95 bits per heavy atom. The molecule has 2 aromatic carbocycles. The molecule has 0 saturated heterocycles. The van der Waals surface area contributed by atoms with Gasteiger partial charge < -0.3 is 4.74 Å². The van der Waals surface area contributed by atoms with Crippen LogP contribution in [0, 0.1) is 5.82 Å². The van der Waals surface area contributed by atoms with Crippen molar-refractivity contribution in [1.29, 1.82) is 0 Å². The van der Waals surface area contributed by atoms with Gasteiger partial charge in [0, 0.05) is 0 Å². The zero-order valence-corrected chi connectivity index (χ0v) is 11.8. The molecule has 0 unspecified atom stereocenters. The fourth-order valence-electron chi connectivity index (χ4n) is 1.90. The van der Waals surface area contributed by atoms with Crippen LogP contribution in [0.1, 0.15) is 29.3 Å². The number of rotatable bonds is 4. The first-order valence-corrected chi connectivity index (χ1v) is 6.75. The first-order chi connectivity index (χ1) is 9.63. The van der Waals surface area contributed by atoms with E-state index in [2.05, 4.69) is 0 Å². The van der Waals surface area contributed by atoms with Gasteiger partial charge in [0.1, 0.15) is 5.75 Å². The first-order valence-electron chi connectivity index (χ1n) is 6.37. The molecular weight excluding hydrogens is 279 g/mol. The van der Waals surface area contributed by atoms with Crippen molar-refractivity contribution in [2.75, 3.05) is 0 Å². The van der Waals surface area contributed by atoms with Crippen molar-refractivity contribution in [3.8, 4) is 5.75 Å². The highest BCUT2D eigenvalue weighted by Crippen LogP contribution is 2.23. The predicted molar refractivity (Wildman–Crippen MR) is 76.8 cm³/mol. The van der Waals surface area contributed by atoms with Gasteiger partial charge in [0.2, 0.25) is 0 Å². The Kier molecular flexibility index (Phi) is 4.74. The third-order valence-electron chi connectivity index (χ3n) is 2.87. The second-order valence-corrected chi connectivity index (χ2v) is 4.76. The third-order valence-corrected chi connectivity index (χ3v) is 3.16. The molecule has 0 saturated carbocycles. The van der Waals surface area contributed by atoms with Crippen molar-refractivity contribution in [1.82, 2.24) is 0 Å². The summed E-state index contributed by atoms with van der Waals surface area (Å²) < 4.78 is 19.1. The summed E-state index contributed by atoms with van der Waals surface area (Å²) in [4.78, 5) is 12.0. The minimum atomic E-state index is -0.757. The number of carbonyl (C=O) groups excluding carboxylic acids is 1. The van der Waals surface area contributed by atoms with Crippen molar-refractivity contribution in [3.63, 3.8) is 0 Å². The number of esters is 1. The van der Waals surface area contributed by atoms with Crippen LogP contribution < -0.4 is 4.74 Å². The van der Waals surface area contributed by atoms with Crippen molar-refractivity contribution >= 4 is 17.6 Å². The molecule has 0 spiro atoms. The van der Waals surface area contributed by atoms with E-state index in [1.807, 2.05) is 19.1 Å². The van der Waals surface area contributed by atoms with Crippen molar-refractivity contribution < 1.29 is 13.9 Å². The van der Waals surface area contributed by atoms with E-state index in [-0.39, 0.29) is 10.6 Å². The molecule has 20 heavy (non-hydrogen) atoms. The molecule has 0 atom stereocenters. The highest BCUT2D eigenvalue weighted by molar-refractivity contribution is 6.31. The van der Waals surface area contributed by atoms with Gasteiger partial charge in [-0.1, -0.05) is 49.2 Å². The molecule has 0 N–H and O–H groups in total. The average molecular weight is 293 g/mol. The maximum absolute atomic E-state index is 13.8. The van der Waals surface area contributed by atoms with E-state index in [1.54, 1.807) is 12.1 Å². The fraction of sp³-hybridized carbons (Fsp3) is 0.188. The maximum Gasteiger partial charge on any atom is 0.346 e. The highest BCUT2D eigenvalue weighted by atomic mass is 35.5. The van der Waals surface area contributed by atoms with Crippen molar-refractivity contribution in [2.45, 2.75) is 19.8 Å². The van der Waals surface area contributed by atoms with E-state index in [0.29, 0.717) is 5.75 Å². The van der Waals surface area contributed by atoms with Crippen molar-refractivity contribution in [2.24, 2.45) is 0 Å². The Bertz CT molecular complexity index is 626. The Labute approximate surface area is 122 Å². The molecule has 4 heteroatoms. The van der Waals surface area contributed by atoms with E-state index < -0.39 is 11.8 Å². The molecule has 0 bridgehead atoms. The molecule has 2 aromatic rings. The maximum atomic E-state index is 13.8. The summed E-state index contributed by atoms with van der Waals surface area (Å²) in [5.74, 6) is -1.04. The molecule has 0 amide bonds. The molecule has 0 aliphatic rings. The van der Waals surface area contributed by atoms with Crippen molar-refractivity contribution in [3.05, 3.63) is 64.4 Å². The largest absolute Gasteiger partial charge is 0.423 e. The van der Waals surface area contributed by atoms with Crippen LogP contribution in [-0.2, 0) is 6.42 Å². The number of aryl methyl sites for hydroxylation is 1. The standard InChI is InChI=1S/C16H14ClFO2/c1-2-6-11-7-3-4-10-14(11)20-16(19)12-8-5-9-13(17)15(12)18/h3-5,7-10H,2,6H2,1H3. The normalized spacial score (nSPS) is 10.3. The summed E-state index contributed by atoms with van der Waals surface area (Å²) in [6.07, 6.45) is 1.72. The van der Waals surface area contributed by atoms with Gasteiger partial charge in [-0.3, -0.25) is 0 Å². The van der Waals surface area contributed by atoms with Crippen LogP contribution in [0.5, 0.6) is 5.75 Å². The van der Waals surface area contributed by atoms with E-state index in [9.17, 15) is 9.18 Å².